The van der Waals surface area contributed by atoms with Crippen LogP contribution in [-0.2, 0) is 0 Å². The predicted octanol–water partition coefficient (Wildman–Crippen LogP) is 2.51. The van der Waals surface area contributed by atoms with Crippen molar-refractivity contribution in [1.29, 1.82) is 0 Å². The van der Waals surface area contributed by atoms with E-state index >= 15 is 0 Å². The SMILES string of the molecule is CC[C@@H](C[C@H](C)CO)NC(=O)Nc1ccc([N+](=O)[O-])cc1. The summed E-state index contributed by atoms with van der Waals surface area (Å²) in [6.45, 7) is 3.96. The number of aliphatic hydroxyl groups is 1. The van der Waals surface area contributed by atoms with Crippen LogP contribution in [0.2, 0.25) is 0 Å². The van der Waals surface area contributed by atoms with E-state index < -0.39 is 4.92 Å². The van der Waals surface area contributed by atoms with Crippen molar-refractivity contribution in [1.82, 2.24) is 5.32 Å². The molecule has 1 rings (SSSR count). The van der Waals surface area contributed by atoms with Gasteiger partial charge in [-0.3, -0.25) is 10.1 Å². The second-order valence-corrected chi connectivity index (χ2v) is 5.03. The highest BCUT2D eigenvalue weighted by Gasteiger charge is 2.14. The third kappa shape index (κ3) is 5.78. The first-order valence-electron chi connectivity index (χ1n) is 6.89. The maximum absolute atomic E-state index is 11.9. The molecule has 0 aliphatic carbocycles. The maximum atomic E-state index is 11.9. The van der Waals surface area contributed by atoms with Crippen LogP contribution in [0.4, 0.5) is 16.2 Å². The summed E-state index contributed by atoms with van der Waals surface area (Å²) in [6, 6.07) is 5.25. The van der Waals surface area contributed by atoms with Crippen LogP contribution in [0.25, 0.3) is 0 Å². The first kappa shape index (κ1) is 16.9. The van der Waals surface area contributed by atoms with E-state index in [9.17, 15) is 14.9 Å². The number of hydrogen-bond donors (Lipinski definition) is 3. The normalized spacial score (nSPS) is 13.3. The number of rotatable bonds is 7. The zero-order valence-electron chi connectivity index (χ0n) is 12.2. The van der Waals surface area contributed by atoms with Gasteiger partial charge in [-0.15, -0.1) is 0 Å². The van der Waals surface area contributed by atoms with Crippen LogP contribution in [0.1, 0.15) is 26.7 Å². The maximum Gasteiger partial charge on any atom is 0.319 e. The zero-order valence-corrected chi connectivity index (χ0v) is 12.2. The van der Waals surface area contributed by atoms with E-state index in [1.807, 2.05) is 13.8 Å². The monoisotopic (exact) mass is 295 g/mol. The van der Waals surface area contributed by atoms with Crippen molar-refractivity contribution < 1.29 is 14.8 Å². The first-order chi connectivity index (χ1) is 9.96. The summed E-state index contributed by atoms with van der Waals surface area (Å²) in [5.41, 5.74) is 0.465. The fourth-order valence-electron chi connectivity index (χ4n) is 1.91. The van der Waals surface area contributed by atoms with Gasteiger partial charge in [0.05, 0.1) is 4.92 Å². The number of nitro benzene ring substituents is 1. The Labute approximate surface area is 123 Å². The molecular formula is C14H21N3O4. The first-order valence-corrected chi connectivity index (χ1v) is 6.89. The van der Waals surface area contributed by atoms with Crippen molar-refractivity contribution in [3.63, 3.8) is 0 Å². The van der Waals surface area contributed by atoms with E-state index in [2.05, 4.69) is 10.6 Å². The number of nitro groups is 1. The van der Waals surface area contributed by atoms with Crippen LogP contribution in [-0.4, -0.2) is 28.7 Å². The minimum atomic E-state index is -0.493. The molecule has 0 saturated heterocycles. The van der Waals surface area contributed by atoms with Gasteiger partial charge in [0.25, 0.3) is 5.69 Å². The lowest BCUT2D eigenvalue weighted by molar-refractivity contribution is -0.384. The number of carbonyl (C=O) groups is 1. The second-order valence-electron chi connectivity index (χ2n) is 5.03. The fourth-order valence-corrected chi connectivity index (χ4v) is 1.91. The molecule has 0 aliphatic rings. The Bertz CT molecular complexity index is 476. The summed E-state index contributed by atoms with van der Waals surface area (Å²) in [5, 5.41) is 25.0. The van der Waals surface area contributed by atoms with E-state index in [-0.39, 0.29) is 30.3 Å². The smallest absolute Gasteiger partial charge is 0.319 e. The number of nitrogens with zero attached hydrogens (tertiary/aromatic N) is 1. The van der Waals surface area contributed by atoms with Gasteiger partial charge in [0.15, 0.2) is 0 Å². The predicted molar refractivity (Wildman–Crippen MR) is 80.2 cm³/mol. The van der Waals surface area contributed by atoms with E-state index in [0.29, 0.717) is 12.1 Å². The Kier molecular flexibility index (Phi) is 6.61. The molecule has 0 aliphatic heterocycles. The fraction of sp³-hybridized carbons (Fsp3) is 0.500. The summed E-state index contributed by atoms with van der Waals surface area (Å²) >= 11 is 0. The number of carbonyl (C=O) groups excluding carboxylic acids is 1. The number of urea groups is 1. The molecular weight excluding hydrogens is 274 g/mol. The molecule has 0 spiro atoms. The van der Waals surface area contributed by atoms with Gasteiger partial charge in [-0.25, -0.2) is 4.79 Å². The van der Waals surface area contributed by atoms with Crippen LogP contribution in [0.3, 0.4) is 0 Å². The molecule has 2 atom stereocenters. The molecule has 7 nitrogen and oxygen atoms in total. The molecule has 7 heteroatoms. The number of amides is 2. The van der Waals surface area contributed by atoms with Crippen LogP contribution < -0.4 is 10.6 Å². The van der Waals surface area contributed by atoms with Crippen LogP contribution in [0.5, 0.6) is 0 Å². The molecule has 0 heterocycles. The highest BCUT2D eigenvalue weighted by Crippen LogP contribution is 2.15. The zero-order chi connectivity index (χ0) is 15.8. The van der Waals surface area contributed by atoms with Crippen molar-refractivity contribution >= 4 is 17.4 Å². The summed E-state index contributed by atoms with van der Waals surface area (Å²) in [7, 11) is 0. The van der Waals surface area contributed by atoms with Gasteiger partial charge in [0.1, 0.15) is 0 Å². The molecule has 2 amide bonds. The molecule has 0 fully saturated rings. The van der Waals surface area contributed by atoms with Crippen molar-refractivity contribution in [2.75, 3.05) is 11.9 Å². The van der Waals surface area contributed by atoms with Crippen molar-refractivity contribution in [3.05, 3.63) is 34.4 Å². The standard InChI is InChI=1S/C14H21N3O4/c1-3-11(8-10(2)9-18)15-14(19)16-12-4-6-13(7-5-12)17(20)21/h4-7,10-11,18H,3,8-9H2,1-2H3,(H2,15,16,19)/t10-,11-/m0/s1. The number of aliphatic hydroxyl groups excluding tert-OH is 1. The summed E-state index contributed by atoms with van der Waals surface area (Å²) in [5.74, 6) is 0.120. The largest absolute Gasteiger partial charge is 0.396 e. The molecule has 0 unspecified atom stereocenters. The van der Waals surface area contributed by atoms with Gasteiger partial charge in [-0.1, -0.05) is 13.8 Å². The lowest BCUT2D eigenvalue weighted by Gasteiger charge is -2.20. The highest BCUT2D eigenvalue weighted by molar-refractivity contribution is 5.89. The molecule has 3 N–H and O–H groups in total. The Morgan fingerprint density at radius 3 is 2.48 bits per heavy atom. The van der Waals surface area contributed by atoms with Gasteiger partial charge in [0.2, 0.25) is 0 Å². The molecule has 0 bridgehead atoms. The number of anilines is 1. The average molecular weight is 295 g/mol. The molecule has 1 aromatic rings. The van der Waals surface area contributed by atoms with Gasteiger partial charge in [-0.2, -0.15) is 0 Å². The molecule has 0 radical (unpaired) electrons. The third-order valence-electron chi connectivity index (χ3n) is 3.16. The number of nitrogens with one attached hydrogen (secondary N) is 2. The number of non-ortho nitro benzene ring substituents is 1. The summed E-state index contributed by atoms with van der Waals surface area (Å²) in [4.78, 5) is 21.9. The van der Waals surface area contributed by atoms with E-state index in [4.69, 9.17) is 5.11 Å². The summed E-state index contributed by atoms with van der Waals surface area (Å²) < 4.78 is 0. The average Bonchev–Trinajstić information content (AvgIpc) is 2.46. The van der Waals surface area contributed by atoms with Crippen molar-refractivity contribution in [2.24, 2.45) is 5.92 Å². The molecule has 0 saturated carbocycles. The molecule has 1 aromatic carbocycles. The number of benzene rings is 1. The van der Waals surface area contributed by atoms with Crippen molar-refractivity contribution in [2.45, 2.75) is 32.7 Å². The van der Waals surface area contributed by atoms with Gasteiger partial charge in [-0.05, 0) is 30.9 Å². The van der Waals surface area contributed by atoms with Gasteiger partial charge < -0.3 is 15.7 Å². The highest BCUT2D eigenvalue weighted by atomic mass is 16.6. The Balaban J connectivity index is 2.53. The lowest BCUT2D eigenvalue weighted by atomic mass is 10.0. The third-order valence-corrected chi connectivity index (χ3v) is 3.16. The minimum absolute atomic E-state index is 0.0230. The molecule has 116 valence electrons. The quantitative estimate of drug-likeness (QED) is 0.531. The minimum Gasteiger partial charge on any atom is -0.396 e. The van der Waals surface area contributed by atoms with E-state index in [1.165, 1.54) is 24.3 Å². The van der Waals surface area contributed by atoms with E-state index in [1.54, 1.807) is 0 Å². The van der Waals surface area contributed by atoms with Crippen LogP contribution in [0, 0.1) is 16.0 Å². The topological polar surface area (TPSA) is 104 Å². The lowest BCUT2D eigenvalue weighted by Crippen LogP contribution is -2.38. The van der Waals surface area contributed by atoms with Crippen molar-refractivity contribution in [3.8, 4) is 0 Å². The second kappa shape index (κ2) is 8.21. The Morgan fingerprint density at radius 2 is 2.00 bits per heavy atom. The Morgan fingerprint density at radius 1 is 1.38 bits per heavy atom. The van der Waals surface area contributed by atoms with Crippen LogP contribution in [0.15, 0.2) is 24.3 Å². The van der Waals surface area contributed by atoms with Gasteiger partial charge >= 0.3 is 6.03 Å². The van der Waals surface area contributed by atoms with Gasteiger partial charge in [0, 0.05) is 30.5 Å². The molecule has 0 aromatic heterocycles. The summed E-state index contributed by atoms with van der Waals surface area (Å²) in [6.07, 6.45) is 1.46. The van der Waals surface area contributed by atoms with Crippen LogP contribution >= 0.6 is 0 Å². The van der Waals surface area contributed by atoms with E-state index in [0.717, 1.165) is 6.42 Å². The Hall–Kier alpha value is -2.15. The molecule has 21 heavy (non-hydrogen) atoms. The number of hydrogen-bond acceptors (Lipinski definition) is 4.